The Balaban J connectivity index is 2.22. The van der Waals surface area contributed by atoms with Crippen molar-refractivity contribution >= 4 is 11.6 Å². The summed E-state index contributed by atoms with van der Waals surface area (Å²) in [5, 5.41) is 6.86. The molecule has 2 rings (SSSR count). The van der Waals surface area contributed by atoms with Gasteiger partial charge >= 0.3 is 0 Å². The summed E-state index contributed by atoms with van der Waals surface area (Å²) >= 11 is 0. The molecule has 1 heterocycles. The van der Waals surface area contributed by atoms with Gasteiger partial charge in [-0.2, -0.15) is 0 Å². The Morgan fingerprint density at radius 1 is 1.10 bits per heavy atom. The van der Waals surface area contributed by atoms with Crippen molar-refractivity contribution in [2.45, 2.75) is 66.3 Å². The van der Waals surface area contributed by atoms with Crippen LogP contribution < -0.4 is 10.6 Å². The Kier molecular flexibility index (Phi) is 4.45. The van der Waals surface area contributed by atoms with E-state index >= 15 is 0 Å². The average Bonchev–Trinajstić information content (AvgIpc) is 2.34. The number of anilines is 2. The first-order valence-electron chi connectivity index (χ1n) is 8.04. The van der Waals surface area contributed by atoms with Crippen LogP contribution in [0.15, 0.2) is 6.33 Å². The summed E-state index contributed by atoms with van der Waals surface area (Å²) in [6, 6.07) is 0.480. The van der Waals surface area contributed by atoms with Crippen LogP contribution in [0.2, 0.25) is 0 Å². The van der Waals surface area contributed by atoms with Crippen molar-refractivity contribution in [3.8, 4) is 0 Å². The molecule has 0 saturated heterocycles. The number of aromatic nitrogens is 2. The third-order valence-electron chi connectivity index (χ3n) is 4.43. The van der Waals surface area contributed by atoms with E-state index in [-0.39, 0.29) is 0 Å². The molecule has 1 fully saturated rings. The predicted octanol–water partition coefficient (Wildman–Crippen LogP) is 4.10. The van der Waals surface area contributed by atoms with Gasteiger partial charge in [0, 0.05) is 18.7 Å². The van der Waals surface area contributed by atoms with Crippen molar-refractivity contribution in [2.24, 2.45) is 10.8 Å². The third kappa shape index (κ3) is 3.86. The highest BCUT2D eigenvalue weighted by atomic mass is 15.1. The Hall–Kier alpha value is -1.32. The molecule has 0 aliphatic heterocycles. The van der Waals surface area contributed by atoms with Gasteiger partial charge in [-0.3, -0.25) is 0 Å². The van der Waals surface area contributed by atoms with E-state index in [4.69, 9.17) is 0 Å². The molecule has 0 atom stereocenters. The Morgan fingerprint density at radius 3 is 2.19 bits per heavy atom. The fourth-order valence-corrected chi connectivity index (χ4v) is 4.23. The van der Waals surface area contributed by atoms with E-state index in [1.165, 1.54) is 24.8 Å². The van der Waals surface area contributed by atoms with Crippen molar-refractivity contribution in [2.75, 3.05) is 17.7 Å². The molecule has 0 spiro atoms. The normalized spacial score (nSPS) is 21.0. The van der Waals surface area contributed by atoms with Crippen LogP contribution in [0.5, 0.6) is 0 Å². The van der Waals surface area contributed by atoms with Gasteiger partial charge in [-0.15, -0.1) is 0 Å². The van der Waals surface area contributed by atoms with Crippen molar-refractivity contribution in [1.29, 1.82) is 0 Å². The minimum Gasteiger partial charge on any atom is -0.373 e. The van der Waals surface area contributed by atoms with Crippen LogP contribution in [0.3, 0.4) is 0 Å². The van der Waals surface area contributed by atoms with Crippen molar-refractivity contribution in [3.63, 3.8) is 0 Å². The number of hydrogen-bond acceptors (Lipinski definition) is 4. The molecule has 2 N–H and O–H groups in total. The Bertz CT molecular complexity index is 478. The van der Waals surface area contributed by atoms with E-state index in [1.807, 2.05) is 7.05 Å². The van der Waals surface area contributed by atoms with Crippen LogP contribution in [-0.4, -0.2) is 23.1 Å². The van der Waals surface area contributed by atoms with Crippen LogP contribution in [0, 0.1) is 10.8 Å². The molecule has 0 unspecified atom stereocenters. The summed E-state index contributed by atoms with van der Waals surface area (Å²) in [5.74, 6) is 1.93. The van der Waals surface area contributed by atoms with Crippen molar-refractivity contribution in [1.82, 2.24) is 9.97 Å². The summed E-state index contributed by atoms with van der Waals surface area (Å²) in [6.45, 7) is 11.7. The molecule has 1 aliphatic rings. The Labute approximate surface area is 129 Å². The van der Waals surface area contributed by atoms with Crippen LogP contribution in [0.4, 0.5) is 11.6 Å². The quantitative estimate of drug-likeness (QED) is 0.876. The monoisotopic (exact) mass is 290 g/mol. The van der Waals surface area contributed by atoms with E-state index in [9.17, 15) is 0 Å². The lowest BCUT2D eigenvalue weighted by Gasteiger charge is -2.45. The maximum absolute atomic E-state index is 4.49. The third-order valence-corrected chi connectivity index (χ3v) is 4.43. The second-order valence-corrected chi connectivity index (χ2v) is 7.91. The van der Waals surface area contributed by atoms with Crippen LogP contribution >= 0.6 is 0 Å². The minimum absolute atomic E-state index is 0.380. The highest BCUT2D eigenvalue weighted by molar-refractivity contribution is 5.57. The van der Waals surface area contributed by atoms with Gasteiger partial charge in [0.05, 0.1) is 0 Å². The second kappa shape index (κ2) is 5.82. The molecule has 4 nitrogen and oxygen atoms in total. The fourth-order valence-electron chi connectivity index (χ4n) is 4.23. The lowest BCUT2D eigenvalue weighted by Crippen LogP contribution is -2.40. The molecule has 1 saturated carbocycles. The van der Waals surface area contributed by atoms with Crippen LogP contribution in [-0.2, 0) is 6.42 Å². The van der Waals surface area contributed by atoms with Crippen molar-refractivity contribution < 1.29 is 0 Å². The summed E-state index contributed by atoms with van der Waals surface area (Å²) in [5.41, 5.74) is 1.94. The van der Waals surface area contributed by atoms with Gasteiger partial charge in [-0.25, -0.2) is 9.97 Å². The zero-order valence-corrected chi connectivity index (χ0v) is 14.4. The maximum Gasteiger partial charge on any atom is 0.134 e. The molecule has 0 radical (unpaired) electrons. The average molecular weight is 290 g/mol. The molecule has 1 aliphatic carbocycles. The molecule has 0 amide bonds. The first kappa shape index (κ1) is 16.1. The highest BCUT2D eigenvalue weighted by Crippen LogP contribution is 2.46. The SMILES string of the molecule is CCc1c(NC)ncnc1NC1CC(C)(C)CC(C)(C)C1. The second-order valence-electron chi connectivity index (χ2n) is 7.91. The topological polar surface area (TPSA) is 49.8 Å². The van der Waals surface area contributed by atoms with Gasteiger partial charge < -0.3 is 10.6 Å². The molecule has 4 heteroatoms. The Morgan fingerprint density at radius 2 is 1.67 bits per heavy atom. The largest absolute Gasteiger partial charge is 0.373 e. The first-order valence-corrected chi connectivity index (χ1v) is 8.04. The van der Waals surface area contributed by atoms with E-state index in [2.05, 4.69) is 55.2 Å². The van der Waals surface area contributed by atoms with E-state index in [0.717, 1.165) is 18.1 Å². The van der Waals surface area contributed by atoms with E-state index in [0.29, 0.717) is 16.9 Å². The number of rotatable bonds is 4. The molecule has 1 aromatic heterocycles. The lowest BCUT2D eigenvalue weighted by atomic mass is 9.63. The number of nitrogens with one attached hydrogen (secondary N) is 2. The molecule has 0 aromatic carbocycles. The van der Waals surface area contributed by atoms with E-state index in [1.54, 1.807) is 6.33 Å². The molecular formula is C17H30N4. The highest BCUT2D eigenvalue weighted by Gasteiger charge is 2.38. The van der Waals surface area contributed by atoms with Crippen LogP contribution in [0.1, 0.15) is 59.4 Å². The lowest BCUT2D eigenvalue weighted by molar-refractivity contribution is 0.105. The maximum atomic E-state index is 4.49. The predicted molar refractivity (Wildman–Crippen MR) is 89.8 cm³/mol. The zero-order chi connectivity index (χ0) is 15.7. The van der Waals surface area contributed by atoms with Gasteiger partial charge in [-0.1, -0.05) is 34.6 Å². The van der Waals surface area contributed by atoms with Gasteiger partial charge in [-0.05, 0) is 36.5 Å². The summed E-state index contributed by atoms with van der Waals surface area (Å²) in [7, 11) is 1.91. The molecular weight excluding hydrogens is 260 g/mol. The molecule has 1 aromatic rings. The minimum atomic E-state index is 0.380. The van der Waals surface area contributed by atoms with Gasteiger partial charge in [0.15, 0.2) is 0 Å². The zero-order valence-electron chi connectivity index (χ0n) is 14.4. The standard InChI is InChI=1S/C17H30N4/c1-7-13-14(18-6)19-11-20-15(13)21-12-8-16(2,3)10-17(4,5)9-12/h11-12H,7-10H2,1-6H3,(H2,18,19,20,21). The fraction of sp³-hybridized carbons (Fsp3) is 0.765. The number of nitrogens with zero attached hydrogens (tertiary/aromatic N) is 2. The van der Waals surface area contributed by atoms with E-state index < -0.39 is 0 Å². The van der Waals surface area contributed by atoms with Crippen LogP contribution in [0.25, 0.3) is 0 Å². The molecule has 118 valence electrons. The van der Waals surface area contributed by atoms with Gasteiger partial charge in [0.25, 0.3) is 0 Å². The smallest absolute Gasteiger partial charge is 0.134 e. The summed E-state index contributed by atoms with van der Waals surface area (Å²) in [6.07, 6.45) is 6.24. The summed E-state index contributed by atoms with van der Waals surface area (Å²) < 4.78 is 0. The molecule has 0 bridgehead atoms. The van der Waals surface area contributed by atoms with Gasteiger partial charge in [0.1, 0.15) is 18.0 Å². The molecule has 21 heavy (non-hydrogen) atoms. The number of hydrogen-bond donors (Lipinski definition) is 2. The van der Waals surface area contributed by atoms with Crippen molar-refractivity contribution in [3.05, 3.63) is 11.9 Å². The van der Waals surface area contributed by atoms with Gasteiger partial charge in [0.2, 0.25) is 0 Å². The summed E-state index contributed by atoms with van der Waals surface area (Å²) in [4.78, 5) is 8.80. The first-order chi connectivity index (χ1) is 9.76.